The second-order valence-corrected chi connectivity index (χ2v) is 9.92. The quantitative estimate of drug-likeness (QED) is 0.680. The van der Waals surface area contributed by atoms with E-state index in [-0.39, 0.29) is 11.8 Å². The first kappa shape index (κ1) is 23.4. The zero-order valence-electron chi connectivity index (χ0n) is 19.2. The van der Waals surface area contributed by atoms with Gasteiger partial charge in [-0.3, -0.25) is 9.59 Å². The lowest BCUT2D eigenvalue weighted by atomic mass is 10.0. The first-order valence-corrected chi connectivity index (χ1v) is 12.4. The van der Waals surface area contributed by atoms with E-state index in [1.807, 2.05) is 35.2 Å². The smallest absolute Gasteiger partial charge is 0.225 e. The van der Waals surface area contributed by atoms with Crippen LogP contribution in [0.15, 0.2) is 30.3 Å². The van der Waals surface area contributed by atoms with Crippen LogP contribution in [0.1, 0.15) is 34.4 Å². The lowest BCUT2D eigenvalue weighted by Crippen LogP contribution is -2.46. The molecule has 1 N–H and O–H groups in total. The third-order valence-corrected chi connectivity index (χ3v) is 7.63. The molecule has 2 aliphatic heterocycles. The van der Waals surface area contributed by atoms with E-state index in [9.17, 15) is 14.9 Å². The Bertz CT molecular complexity index is 1020. The minimum atomic E-state index is -0.0888. The molecule has 1 aromatic heterocycles. The first-order chi connectivity index (χ1) is 16.0. The Morgan fingerprint density at radius 3 is 2.58 bits per heavy atom. The Balaban J connectivity index is 1.32. The second kappa shape index (κ2) is 10.9. The third-order valence-electron chi connectivity index (χ3n) is 6.50. The predicted octanol–water partition coefficient (Wildman–Crippen LogP) is 2.71. The summed E-state index contributed by atoms with van der Waals surface area (Å²) in [5.74, 6) is 0.0778. The van der Waals surface area contributed by atoms with Gasteiger partial charge >= 0.3 is 0 Å². The predicted molar refractivity (Wildman–Crippen MR) is 130 cm³/mol. The van der Waals surface area contributed by atoms with E-state index >= 15 is 0 Å². The molecule has 1 fully saturated rings. The summed E-state index contributed by atoms with van der Waals surface area (Å²) in [5.41, 5.74) is 2.67. The van der Waals surface area contributed by atoms with Gasteiger partial charge in [0.05, 0.1) is 12.1 Å². The highest BCUT2D eigenvalue weighted by atomic mass is 32.1. The van der Waals surface area contributed by atoms with E-state index in [4.69, 9.17) is 0 Å². The summed E-state index contributed by atoms with van der Waals surface area (Å²) < 4.78 is 0. The van der Waals surface area contributed by atoms with Crippen molar-refractivity contribution < 1.29 is 9.59 Å². The fraction of sp³-hybridized carbons (Fsp3) is 0.480. The van der Waals surface area contributed by atoms with E-state index in [1.54, 1.807) is 0 Å². The van der Waals surface area contributed by atoms with Gasteiger partial charge in [-0.15, -0.1) is 11.3 Å². The molecule has 7 nitrogen and oxygen atoms in total. The Hall–Kier alpha value is -2.73. The molecule has 4 rings (SSSR count). The lowest BCUT2D eigenvalue weighted by molar-refractivity contribution is -0.132. The van der Waals surface area contributed by atoms with Crippen LogP contribution in [0.3, 0.4) is 0 Å². The number of piperazine rings is 1. The van der Waals surface area contributed by atoms with E-state index in [2.05, 4.69) is 28.2 Å². The van der Waals surface area contributed by atoms with Gasteiger partial charge in [0.15, 0.2) is 0 Å². The molecule has 174 valence electrons. The van der Waals surface area contributed by atoms with Crippen LogP contribution in [0.5, 0.6) is 0 Å². The first-order valence-electron chi connectivity index (χ1n) is 11.6. The maximum absolute atomic E-state index is 12.8. The molecule has 1 saturated heterocycles. The van der Waals surface area contributed by atoms with Gasteiger partial charge in [0.1, 0.15) is 11.1 Å². The van der Waals surface area contributed by atoms with Crippen LogP contribution >= 0.6 is 11.3 Å². The van der Waals surface area contributed by atoms with Crippen molar-refractivity contribution in [3.63, 3.8) is 0 Å². The van der Waals surface area contributed by atoms with Crippen LogP contribution in [-0.4, -0.2) is 72.8 Å². The number of nitrogens with zero attached hydrogens (tertiary/aromatic N) is 4. The van der Waals surface area contributed by atoms with Crippen LogP contribution in [0.2, 0.25) is 0 Å². The normalized spacial score (nSPS) is 16.8. The Labute approximate surface area is 199 Å². The number of nitrogens with one attached hydrogen (secondary N) is 1. The SMILES string of the molecule is CN1CCN(CCC(=O)N2CCc3c(sc(NC(=O)CCc4ccccc4)c3C#N)C2)CC1. The van der Waals surface area contributed by atoms with Gasteiger partial charge < -0.3 is 20.0 Å². The van der Waals surface area contributed by atoms with E-state index < -0.39 is 0 Å². The topological polar surface area (TPSA) is 79.7 Å². The highest BCUT2D eigenvalue weighted by Crippen LogP contribution is 2.37. The van der Waals surface area contributed by atoms with Crippen LogP contribution in [0.25, 0.3) is 0 Å². The number of likely N-dealkylation sites (N-methyl/N-ethyl adjacent to an activating group) is 1. The molecule has 0 aliphatic carbocycles. The van der Waals surface area contributed by atoms with Crippen LogP contribution in [0.4, 0.5) is 5.00 Å². The van der Waals surface area contributed by atoms with E-state index in [1.165, 1.54) is 11.3 Å². The van der Waals surface area contributed by atoms with Crippen molar-refractivity contribution in [3.8, 4) is 6.07 Å². The summed E-state index contributed by atoms with van der Waals surface area (Å²) >= 11 is 1.44. The monoisotopic (exact) mass is 465 g/mol. The number of thiophene rings is 1. The van der Waals surface area contributed by atoms with Crippen molar-refractivity contribution in [2.75, 3.05) is 51.6 Å². The maximum Gasteiger partial charge on any atom is 0.225 e. The van der Waals surface area contributed by atoms with Gasteiger partial charge in [-0.25, -0.2) is 0 Å². The zero-order valence-corrected chi connectivity index (χ0v) is 20.0. The average molecular weight is 466 g/mol. The molecule has 3 heterocycles. The minimum absolute atomic E-state index is 0.0888. The molecule has 1 aromatic carbocycles. The number of carbonyl (C=O) groups is 2. The number of nitriles is 1. The number of hydrogen-bond donors (Lipinski definition) is 1. The van der Waals surface area contributed by atoms with Crippen molar-refractivity contribution in [1.29, 1.82) is 5.26 Å². The van der Waals surface area contributed by atoms with Crippen LogP contribution in [0, 0.1) is 11.3 Å². The maximum atomic E-state index is 12.8. The lowest BCUT2D eigenvalue weighted by Gasteiger charge is -2.33. The second-order valence-electron chi connectivity index (χ2n) is 8.81. The number of amides is 2. The zero-order chi connectivity index (χ0) is 23.2. The van der Waals surface area contributed by atoms with Crippen LogP contribution in [-0.2, 0) is 29.0 Å². The molecule has 33 heavy (non-hydrogen) atoms. The van der Waals surface area contributed by atoms with Gasteiger partial charge in [0.2, 0.25) is 11.8 Å². The molecule has 8 heteroatoms. The Kier molecular flexibility index (Phi) is 7.76. The summed E-state index contributed by atoms with van der Waals surface area (Å²) in [6, 6.07) is 12.2. The molecule has 0 atom stereocenters. The number of anilines is 1. The molecular formula is C25H31N5O2S. The van der Waals surface area contributed by atoms with Crippen molar-refractivity contribution in [2.24, 2.45) is 0 Å². The molecule has 2 aliphatic rings. The molecule has 0 unspecified atom stereocenters. The van der Waals surface area contributed by atoms with Crippen molar-refractivity contribution >= 4 is 28.2 Å². The number of carbonyl (C=O) groups excluding carboxylic acids is 2. The standard InChI is InChI=1S/C25H31N5O2S/c1-28-13-15-29(16-14-28)11-10-24(32)30-12-9-20-21(17-26)25(33-22(20)18-30)27-23(31)8-7-19-5-3-2-4-6-19/h2-6H,7-16,18H2,1H3,(H,27,31). The summed E-state index contributed by atoms with van der Waals surface area (Å²) in [6.07, 6.45) is 2.22. The number of fused-ring (bicyclic) bond motifs is 1. The van der Waals surface area contributed by atoms with E-state index in [0.717, 1.165) is 48.7 Å². The average Bonchev–Trinajstić information content (AvgIpc) is 3.18. The summed E-state index contributed by atoms with van der Waals surface area (Å²) in [7, 11) is 2.13. The van der Waals surface area contributed by atoms with Crippen molar-refractivity contribution in [2.45, 2.75) is 32.2 Å². The van der Waals surface area contributed by atoms with Gasteiger partial charge in [0, 0.05) is 57.0 Å². The molecule has 0 bridgehead atoms. The van der Waals surface area contributed by atoms with Gasteiger partial charge in [-0.05, 0) is 31.0 Å². The van der Waals surface area contributed by atoms with Gasteiger partial charge in [0.25, 0.3) is 0 Å². The van der Waals surface area contributed by atoms with Gasteiger partial charge in [-0.1, -0.05) is 30.3 Å². The summed E-state index contributed by atoms with van der Waals surface area (Å²) in [4.78, 5) is 32.9. The Morgan fingerprint density at radius 1 is 1.09 bits per heavy atom. The number of rotatable bonds is 7. The number of benzene rings is 1. The Morgan fingerprint density at radius 2 is 1.85 bits per heavy atom. The fourth-order valence-corrected chi connectivity index (χ4v) is 5.63. The molecule has 0 spiro atoms. The fourth-order valence-electron chi connectivity index (χ4n) is 4.40. The summed E-state index contributed by atoms with van der Waals surface area (Å²) in [6.45, 7) is 6.07. The van der Waals surface area contributed by atoms with Crippen LogP contribution < -0.4 is 5.32 Å². The van der Waals surface area contributed by atoms with E-state index in [0.29, 0.717) is 49.3 Å². The van der Waals surface area contributed by atoms with Crippen molar-refractivity contribution in [1.82, 2.24) is 14.7 Å². The van der Waals surface area contributed by atoms with Crippen molar-refractivity contribution in [3.05, 3.63) is 51.9 Å². The molecule has 0 radical (unpaired) electrons. The molecular weight excluding hydrogens is 434 g/mol. The number of aryl methyl sites for hydroxylation is 1. The summed E-state index contributed by atoms with van der Waals surface area (Å²) in [5, 5.41) is 13.3. The largest absolute Gasteiger partial charge is 0.337 e. The molecule has 2 aromatic rings. The molecule has 0 saturated carbocycles. The van der Waals surface area contributed by atoms with Gasteiger partial charge in [-0.2, -0.15) is 5.26 Å². The third kappa shape index (κ3) is 5.99. The highest BCUT2D eigenvalue weighted by molar-refractivity contribution is 7.16. The number of hydrogen-bond acceptors (Lipinski definition) is 6. The highest BCUT2D eigenvalue weighted by Gasteiger charge is 2.28. The molecule has 2 amide bonds. The minimum Gasteiger partial charge on any atom is -0.337 e.